The van der Waals surface area contributed by atoms with Crippen molar-refractivity contribution in [2.45, 2.75) is 113 Å². The standard InChI is InChI=1S/C14H19F13O3Si.C12H21F7O5Si.CF4/c1-4-28-31(29-5-2,30-6-3)8-7-9(15,16)10(17,18)11(19,20)12(21,22)13(23,24)14(25,26)27;1-20-25(21-2,22-3)8-4-6-23-9-10(13,14)12(18,19)24-7-5-11(15,16)17;2-1(3,4)5/h4-8H2,1-3H3;4-9H2,1-3H3;. The van der Waals surface area contributed by atoms with Gasteiger partial charge in [0.2, 0.25) is 0 Å². The number of rotatable bonds is 26. The lowest BCUT2D eigenvalue weighted by Crippen LogP contribution is -2.70. The van der Waals surface area contributed by atoms with Gasteiger partial charge < -0.3 is 36.0 Å². The molecule has 0 fully saturated rings. The number of alkyl halides is 24. The van der Waals surface area contributed by atoms with Crippen LogP contribution >= 0.6 is 0 Å². The summed E-state index contributed by atoms with van der Waals surface area (Å²) >= 11 is 0. The Kier molecular flexibility index (Phi) is 25.2. The summed E-state index contributed by atoms with van der Waals surface area (Å²) < 4.78 is 336. The topological polar surface area (TPSA) is 73.8 Å². The van der Waals surface area contributed by atoms with Gasteiger partial charge in [0.15, 0.2) is 0 Å². The highest BCUT2D eigenvalue weighted by Crippen LogP contribution is 2.61. The normalized spacial score (nSPS) is 14.7. The zero-order valence-electron chi connectivity index (χ0n) is 32.1. The summed E-state index contributed by atoms with van der Waals surface area (Å²) in [6.45, 7) is -0.635. The average molecular weight is 1000 g/mol. The van der Waals surface area contributed by atoms with Crippen molar-refractivity contribution in [1.82, 2.24) is 0 Å². The summed E-state index contributed by atoms with van der Waals surface area (Å²) in [5.74, 6) is -41.8. The first-order valence-electron chi connectivity index (χ1n) is 16.3. The predicted molar refractivity (Wildman–Crippen MR) is 162 cm³/mol. The van der Waals surface area contributed by atoms with E-state index in [1.54, 1.807) is 0 Å². The maximum Gasteiger partial charge on any atom is 0.559 e. The van der Waals surface area contributed by atoms with Gasteiger partial charge in [-0.05, 0) is 27.2 Å². The molecule has 0 heterocycles. The summed E-state index contributed by atoms with van der Waals surface area (Å²) in [4.78, 5) is 0. The maximum absolute atomic E-state index is 13.9. The van der Waals surface area contributed by atoms with Crippen molar-refractivity contribution in [3.05, 3.63) is 0 Å². The highest BCUT2D eigenvalue weighted by molar-refractivity contribution is 6.61. The van der Waals surface area contributed by atoms with Crippen LogP contribution < -0.4 is 0 Å². The third kappa shape index (κ3) is 19.2. The molecule has 0 amide bonds. The Labute approximate surface area is 333 Å². The molecule has 61 heavy (non-hydrogen) atoms. The molecule has 0 radical (unpaired) electrons. The molecule has 0 saturated heterocycles. The Morgan fingerprint density at radius 1 is 0.426 bits per heavy atom. The van der Waals surface area contributed by atoms with Crippen molar-refractivity contribution in [2.24, 2.45) is 0 Å². The predicted octanol–water partition coefficient (Wildman–Crippen LogP) is 11.1. The zero-order chi connectivity index (χ0) is 49.4. The smallest absolute Gasteiger partial charge is 0.377 e. The fourth-order valence-corrected chi connectivity index (χ4v) is 8.21. The average Bonchev–Trinajstić information content (AvgIpc) is 3.07. The van der Waals surface area contributed by atoms with E-state index in [2.05, 4.69) is 9.47 Å². The fraction of sp³-hybridized carbons (Fsp3) is 1.00. The third-order valence-corrected chi connectivity index (χ3v) is 12.8. The van der Waals surface area contributed by atoms with Crippen LogP contribution in [0.4, 0.5) is 105 Å². The summed E-state index contributed by atoms with van der Waals surface area (Å²) in [5, 5.41) is 0. The summed E-state index contributed by atoms with van der Waals surface area (Å²) in [6, 6.07) is -1.16. The maximum atomic E-state index is 13.9. The van der Waals surface area contributed by atoms with Gasteiger partial charge >= 0.3 is 78.0 Å². The van der Waals surface area contributed by atoms with Crippen LogP contribution in [0.5, 0.6) is 0 Å². The largest absolute Gasteiger partial charge is 0.559 e. The molecule has 0 saturated carbocycles. The summed E-state index contributed by atoms with van der Waals surface area (Å²) in [6.07, 6.45) is -26.9. The highest BCUT2D eigenvalue weighted by Gasteiger charge is 2.90. The van der Waals surface area contributed by atoms with E-state index < -0.39 is 110 Å². The minimum atomic E-state index is -7.92. The quantitative estimate of drug-likeness (QED) is 0.0482. The van der Waals surface area contributed by atoms with Gasteiger partial charge in [-0.3, -0.25) is 0 Å². The number of ether oxygens (including phenoxy) is 2. The van der Waals surface area contributed by atoms with Crippen LogP contribution in [0, 0.1) is 0 Å². The first-order chi connectivity index (χ1) is 27.0. The van der Waals surface area contributed by atoms with Gasteiger partial charge in [-0.15, -0.1) is 17.6 Å². The van der Waals surface area contributed by atoms with Crippen LogP contribution in [0.1, 0.15) is 40.0 Å². The third-order valence-electron chi connectivity index (χ3n) is 6.92. The highest BCUT2D eigenvalue weighted by atomic mass is 28.4. The summed E-state index contributed by atoms with van der Waals surface area (Å²) in [7, 11) is -3.14. The first-order valence-corrected chi connectivity index (χ1v) is 20.2. The van der Waals surface area contributed by atoms with E-state index in [1.807, 2.05) is 0 Å². The Bertz CT molecular complexity index is 1190. The van der Waals surface area contributed by atoms with E-state index in [4.69, 9.17) is 26.6 Å². The second-order valence-electron chi connectivity index (χ2n) is 11.3. The van der Waals surface area contributed by atoms with Gasteiger partial charge in [-0.1, -0.05) is 0 Å². The molecular weight excluding hydrogens is 964 g/mol. The van der Waals surface area contributed by atoms with Crippen LogP contribution in [0.15, 0.2) is 0 Å². The van der Waals surface area contributed by atoms with Gasteiger partial charge in [0, 0.05) is 66.3 Å². The molecule has 0 aliphatic heterocycles. The van der Waals surface area contributed by atoms with E-state index >= 15 is 0 Å². The minimum absolute atomic E-state index is 0.123. The lowest BCUT2D eigenvalue weighted by molar-refractivity contribution is -0.440. The Morgan fingerprint density at radius 2 is 0.803 bits per heavy atom. The van der Waals surface area contributed by atoms with E-state index in [9.17, 15) is 105 Å². The van der Waals surface area contributed by atoms with E-state index in [0.717, 1.165) is 0 Å². The molecule has 8 nitrogen and oxygen atoms in total. The number of hydrogen-bond acceptors (Lipinski definition) is 8. The SMILES string of the molecule is CCO[Si](CCC(F)(F)C(F)(F)C(F)(F)C(F)(F)C(F)(F)C(F)(F)F)(OCC)OCC.CO[Si](CCCOCC(F)(F)C(F)(F)OCCC(F)(F)F)(OC)OC.FC(F)(F)F. The molecule has 0 rings (SSSR count). The van der Waals surface area contributed by atoms with Crippen molar-refractivity contribution >= 4 is 17.6 Å². The molecule has 34 heteroatoms. The molecular formula is C27H40F24O8Si2. The molecule has 0 bridgehead atoms. The molecule has 0 N–H and O–H groups in total. The van der Waals surface area contributed by atoms with E-state index in [0.29, 0.717) is 0 Å². The lowest BCUT2D eigenvalue weighted by Gasteiger charge is -2.40. The number of halogens is 24. The van der Waals surface area contributed by atoms with Crippen LogP contribution in [0.25, 0.3) is 0 Å². The lowest BCUT2D eigenvalue weighted by atomic mass is 9.93. The zero-order valence-corrected chi connectivity index (χ0v) is 34.1. The molecule has 0 aliphatic carbocycles. The second kappa shape index (κ2) is 24.1. The van der Waals surface area contributed by atoms with Gasteiger partial charge in [-0.25, -0.2) is 0 Å². The molecule has 0 spiro atoms. The van der Waals surface area contributed by atoms with Crippen LogP contribution in [-0.2, 0) is 36.0 Å². The minimum Gasteiger partial charge on any atom is -0.377 e. The van der Waals surface area contributed by atoms with Crippen molar-refractivity contribution in [3.63, 3.8) is 0 Å². The van der Waals surface area contributed by atoms with Crippen molar-refractivity contribution in [2.75, 3.05) is 61.0 Å². The van der Waals surface area contributed by atoms with Gasteiger partial charge in [0.1, 0.15) is 6.61 Å². The molecule has 0 atom stereocenters. The van der Waals surface area contributed by atoms with E-state index in [-0.39, 0.29) is 38.9 Å². The molecule has 0 unspecified atom stereocenters. The van der Waals surface area contributed by atoms with Crippen molar-refractivity contribution in [3.8, 4) is 0 Å². The first kappa shape index (κ1) is 63.7. The van der Waals surface area contributed by atoms with Gasteiger partial charge in [0.25, 0.3) is 0 Å². The molecule has 0 aliphatic rings. The van der Waals surface area contributed by atoms with Crippen molar-refractivity contribution in [1.29, 1.82) is 0 Å². The Hall–Kier alpha value is -1.57. The molecule has 0 aromatic heterocycles. The number of hydrogen-bond donors (Lipinski definition) is 0. The van der Waals surface area contributed by atoms with Crippen LogP contribution in [-0.4, -0.2) is 139 Å². The van der Waals surface area contributed by atoms with Gasteiger partial charge in [0.05, 0.1) is 13.0 Å². The molecule has 0 aromatic rings. The molecule has 0 aromatic carbocycles. The van der Waals surface area contributed by atoms with E-state index in [1.165, 1.54) is 42.1 Å². The Morgan fingerprint density at radius 3 is 1.13 bits per heavy atom. The summed E-state index contributed by atoms with van der Waals surface area (Å²) in [5.41, 5.74) is 0. The van der Waals surface area contributed by atoms with Crippen molar-refractivity contribution < 1.29 is 141 Å². The van der Waals surface area contributed by atoms with Crippen LogP contribution in [0.2, 0.25) is 12.1 Å². The Balaban J connectivity index is -0.00000101. The second-order valence-corrected chi connectivity index (χ2v) is 17.1. The molecule has 372 valence electrons. The fourth-order valence-electron chi connectivity index (χ4n) is 3.90. The monoisotopic (exact) mass is 1000 g/mol. The van der Waals surface area contributed by atoms with Crippen LogP contribution in [0.3, 0.4) is 0 Å². The van der Waals surface area contributed by atoms with Gasteiger partial charge in [-0.2, -0.15) is 87.8 Å².